The van der Waals surface area contributed by atoms with Crippen molar-refractivity contribution < 1.29 is 9.32 Å². The monoisotopic (exact) mass is 305 g/mol. The van der Waals surface area contributed by atoms with Crippen LogP contribution in [0.1, 0.15) is 18.6 Å². The number of benzene rings is 1. The molecule has 0 unspecified atom stereocenters. The van der Waals surface area contributed by atoms with Crippen molar-refractivity contribution in [2.75, 3.05) is 6.54 Å². The highest BCUT2D eigenvalue weighted by molar-refractivity contribution is 6.30. The number of hydrogen-bond donors (Lipinski definition) is 1. The van der Waals surface area contributed by atoms with Gasteiger partial charge >= 0.3 is 0 Å². The number of rotatable bonds is 4. The van der Waals surface area contributed by atoms with Crippen LogP contribution in [0.15, 0.2) is 34.9 Å². The maximum absolute atomic E-state index is 11.4. The van der Waals surface area contributed by atoms with E-state index < -0.39 is 0 Å². The molecule has 1 saturated heterocycles. The van der Waals surface area contributed by atoms with Crippen LogP contribution in [-0.2, 0) is 11.3 Å². The van der Waals surface area contributed by atoms with Crippen LogP contribution < -0.4 is 5.73 Å². The normalized spacial score (nSPS) is 19.0. The number of carbonyl (C=O) groups excluding carboxylic acids is 1. The summed E-state index contributed by atoms with van der Waals surface area (Å²) < 4.78 is 5.36. The number of amides is 1. The number of likely N-dealkylation sites (tertiary alicyclic amines) is 1. The van der Waals surface area contributed by atoms with Crippen molar-refractivity contribution in [1.29, 1.82) is 0 Å². The zero-order chi connectivity index (χ0) is 14.8. The van der Waals surface area contributed by atoms with Crippen molar-refractivity contribution in [1.82, 2.24) is 10.1 Å². The smallest absolute Gasteiger partial charge is 0.234 e. The van der Waals surface area contributed by atoms with Gasteiger partial charge in [0.1, 0.15) is 5.69 Å². The highest BCUT2D eigenvalue weighted by atomic mass is 35.5. The minimum atomic E-state index is -0.273. The third kappa shape index (κ3) is 3.09. The first-order chi connectivity index (χ1) is 10.1. The molecule has 5 nitrogen and oxygen atoms in total. The Balaban J connectivity index is 1.73. The summed E-state index contributed by atoms with van der Waals surface area (Å²) in [7, 11) is 0. The lowest BCUT2D eigenvalue weighted by Crippen LogP contribution is -2.39. The quantitative estimate of drug-likeness (QED) is 0.941. The second kappa shape index (κ2) is 5.87. The minimum Gasteiger partial charge on any atom is -0.368 e. The second-order valence-corrected chi connectivity index (χ2v) is 5.65. The molecule has 21 heavy (non-hydrogen) atoms. The lowest BCUT2D eigenvalue weighted by atomic mass is 10.1. The molecule has 1 aromatic heterocycles. The average Bonchev–Trinajstić information content (AvgIpc) is 3.09. The first kappa shape index (κ1) is 14.1. The lowest BCUT2D eigenvalue weighted by molar-refractivity contribution is -0.122. The number of primary amides is 1. The van der Waals surface area contributed by atoms with Crippen LogP contribution in [0, 0.1) is 0 Å². The molecule has 2 heterocycles. The van der Waals surface area contributed by atoms with Gasteiger partial charge in [0.25, 0.3) is 0 Å². The number of aromatic nitrogens is 1. The van der Waals surface area contributed by atoms with Gasteiger partial charge in [-0.2, -0.15) is 0 Å². The molecule has 2 N–H and O–H groups in total. The van der Waals surface area contributed by atoms with Gasteiger partial charge in [0.05, 0.1) is 12.6 Å². The van der Waals surface area contributed by atoms with Gasteiger partial charge < -0.3 is 10.3 Å². The summed E-state index contributed by atoms with van der Waals surface area (Å²) in [4.78, 5) is 13.4. The maximum Gasteiger partial charge on any atom is 0.234 e. The summed E-state index contributed by atoms with van der Waals surface area (Å²) in [6.45, 7) is 1.40. The second-order valence-electron chi connectivity index (χ2n) is 5.22. The molecule has 1 amide bonds. The number of nitrogens with two attached hydrogens (primary N) is 1. The van der Waals surface area contributed by atoms with Gasteiger partial charge in [-0.1, -0.05) is 28.9 Å². The van der Waals surface area contributed by atoms with Gasteiger partial charge in [-0.05, 0) is 31.5 Å². The number of carbonyl (C=O) groups is 1. The topological polar surface area (TPSA) is 72.4 Å². The van der Waals surface area contributed by atoms with Gasteiger partial charge in [0, 0.05) is 16.7 Å². The third-order valence-corrected chi connectivity index (χ3v) is 4.00. The van der Waals surface area contributed by atoms with Crippen molar-refractivity contribution in [2.45, 2.75) is 25.4 Å². The first-order valence-electron chi connectivity index (χ1n) is 6.88. The van der Waals surface area contributed by atoms with Crippen molar-refractivity contribution >= 4 is 17.5 Å². The van der Waals surface area contributed by atoms with Crippen LogP contribution in [0.2, 0.25) is 5.02 Å². The lowest BCUT2D eigenvalue weighted by Gasteiger charge is -2.19. The molecular weight excluding hydrogens is 290 g/mol. The molecule has 1 aromatic carbocycles. The van der Waals surface area contributed by atoms with Crippen molar-refractivity contribution in [3.05, 3.63) is 41.1 Å². The van der Waals surface area contributed by atoms with Crippen molar-refractivity contribution in [2.24, 2.45) is 5.73 Å². The van der Waals surface area contributed by atoms with Gasteiger partial charge in [-0.15, -0.1) is 0 Å². The fourth-order valence-electron chi connectivity index (χ4n) is 2.68. The van der Waals surface area contributed by atoms with Gasteiger partial charge in [-0.25, -0.2) is 0 Å². The highest BCUT2D eigenvalue weighted by Crippen LogP contribution is 2.24. The number of halogens is 1. The third-order valence-electron chi connectivity index (χ3n) is 3.75. The van der Waals surface area contributed by atoms with Crippen LogP contribution >= 0.6 is 11.6 Å². The Kier molecular flexibility index (Phi) is 3.94. The molecule has 110 valence electrons. The van der Waals surface area contributed by atoms with E-state index in [-0.39, 0.29) is 11.9 Å². The molecule has 1 aliphatic rings. The maximum atomic E-state index is 11.4. The standard InChI is InChI=1S/C15H16ClN3O2/c16-11-5-3-10(4-6-11)13-8-12(21-18-13)9-19-7-1-2-14(19)15(17)20/h3-6,8,14H,1-2,7,9H2,(H2,17,20)/t14-/m1/s1. The molecule has 0 saturated carbocycles. The molecule has 1 aliphatic heterocycles. The van der Waals surface area contributed by atoms with E-state index >= 15 is 0 Å². The zero-order valence-electron chi connectivity index (χ0n) is 11.5. The molecule has 1 atom stereocenters. The predicted molar refractivity (Wildman–Crippen MR) is 79.6 cm³/mol. The Morgan fingerprint density at radius 2 is 2.19 bits per heavy atom. The van der Waals surface area contributed by atoms with E-state index in [2.05, 4.69) is 5.16 Å². The molecular formula is C15H16ClN3O2. The van der Waals surface area contributed by atoms with Gasteiger partial charge in [0.15, 0.2) is 5.76 Å². The Morgan fingerprint density at radius 3 is 2.90 bits per heavy atom. The Bertz CT molecular complexity index is 639. The average molecular weight is 306 g/mol. The summed E-state index contributed by atoms with van der Waals surface area (Å²) in [5.74, 6) is 0.457. The summed E-state index contributed by atoms with van der Waals surface area (Å²) in [5.41, 5.74) is 7.12. The van der Waals surface area contributed by atoms with Crippen LogP contribution in [0.5, 0.6) is 0 Å². The fourth-order valence-corrected chi connectivity index (χ4v) is 2.81. The Labute approximate surface area is 127 Å². The van der Waals surface area contributed by atoms with E-state index in [0.29, 0.717) is 11.6 Å². The zero-order valence-corrected chi connectivity index (χ0v) is 12.2. The molecule has 6 heteroatoms. The molecule has 0 bridgehead atoms. The summed E-state index contributed by atoms with van der Waals surface area (Å²) in [5, 5.41) is 4.75. The SMILES string of the molecule is NC(=O)[C@H]1CCCN1Cc1cc(-c2ccc(Cl)cc2)no1. The Morgan fingerprint density at radius 1 is 1.43 bits per heavy atom. The molecule has 0 radical (unpaired) electrons. The molecule has 0 aliphatic carbocycles. The summed E-state index contributed by atoms with van der Waals surface area (Å²) in [6, 6.07) is 9.11. The highest BCUT2D eigenvalue weighted by Gasteiger charge is 2.29. The van der Waals surface area contributed by atoms with E-state index in [1.54, 1.807) is 0 Å². The van der Waals surface area contributed by atoms with E-state index in [4.69, 9.17) is 21.9 Å². The van der Waals surface area contributed by atoms with Crippen molar-refractivity contribution in [3.8, 4) is 11.3 Å². The number of hydrogen-bond acceptors (Lipinski definition) is 4. The van der Waals surface area contributed by atoms with E-state index in [9.17, 15) is 4.79 Å². The molecule has 2 aromatic rings. The Hall–Kier alpha value is -1.85. The van der Waals surface area contributed by atoms with Crippen LogP contribution in [-0.4, -0.2) is 28.6 Å². The summed E-state index contributed by atoms with van der Waals surface area (Å²) in [6.07, 6.45) is 1.79. The van der Waals surface area contributed by atoms with Crippen molar-refractivity contribution in [3.63, 3.8) is 0 Å². The molecule has 0 spiro atoms. The fraction of sp³-hybridized carbons (Fsp3) is 0.333. The van der Waals surface area contributed by atoms with E-state index in [0.717, 1.165) is 36.4 Å². The summed E-state index contributed by atoms with van der Waals surface area (Å²) >= 11 is 5.87. The van der Waals surface area contributed by atoms with Crippen LogP contribution in [0.4, 0.5) is 0 Å². The van der Waals surface area contributed by atoms with Crippen LogP contribution in [0.25, 0.3) is 11.3 Å². The minimum absolute atomic E-state index is 0.200. The molecule has 3 rings (SSSR count). The van der Waals surface area contributed by atoms with Gasteiger partial charge in [0.2, 0.25) is 5.91 Å². The first-order valence-corrected chi connectivity index (χ1v) is 7.26. The van der Waals surface area contributed by atoms with Gasteiger partial charge in [-0.3, -0.25) is 9.69 Å². The number of nitrogens with zero attached hydrogens (tertiary/aromatic N) is 2. The predicted octanol–water partition coefficient (Wildman–Crippen LogP) is 2.44. The van der Waals surface area contributed by atoms with Crippen LogP contribution in [0.3, 0.4) is 0 Å². The molecule has 1 fully saturated rings. The largest absolute Gasteiger partial charge is 0.368 e. The van der Waals surface area contributed by atoms with E-state index in [1.165, 1.54) is 0 Å². The van der Waals surface area contributed by atoms with E-state index in [1.807, 2.05) is 35.2 Å².